The fraction of sp³-hybridized carbons (Fsp3) is 0.556. The summed E-state index contributed by atoms with van der Waals surface area (Å²) in [5, 5.41) is 9.73. The maximum Gasteiger partial charge on any atom is 0.332 e. The molecule has 0 spiro atoms. The van der Waals surface area contributed by atoms with E-state index in [0.29, 0.717) is 36.2 Å². The van der Waals surface area contributed by atoms with E-state index in [9.17, 15) is 9.59 Å². The molecule has 2 aromatic rings. The maximum atomic E-state index is 13.0. The molecule has 0 aromatic carbocycles. The number of allylic oxidation sites excluding steroid dienone is 1. The quantitative estimate of drug-likeness (QED) is 0.824. The van der Waals surface area contributed by atoms with E-state index in [-0.39, 0.29) is 30.0 Å². The molecule has 3 heterocycles. The molecule has 6 nitrogen and oxygen atoms in total. The molecule has 25 heavy (non-hydrogen) atoms. The van der Waals surface area contributed by atoms with Crippen LogP contribution in [0.5, 0.6) is 0 Å². The SMILES string of the molecule is C=C(C)Cn1c(=O)n(CCCO)c(=O)c2c3c(sc21)COC(C)(C)C3. The number of ether oxygens (including phenoxy) is 1. The summed E-state index contributed by atoms with van der Waals surface area (Å²) in [5.74, 6) is 0. The number of rotatable bonds is 5. The third-order valence-corrected chi connectivity index (χ3v) is 5.63. The van der Waals surface area contributed by atoms with Gasteiger partial charge in [0.2, 0.25) is 0 Å². The van der Waals surface area contributed by atoms with Gasteiger partial charge in [-0.3, -0.25) is 13.9 Å². The summed E-state index contributed by atoms with van der Waals surface area (Å²) in [7, 11) is 0. The van der Waals surface area contributed by atoms with Gasteiger partial charge in [-0.2, -0.15) is 0 Å². The van der Waals surface area contributed by atoms with Gasteiger partial charge in [0.25, 0.3) is 5.56 Å². The molecule has 0 saturated heterocycles. The van der Waals surface area contributed by atoms with Gasteiger partial charge in [-0.25, -0.2) is 4.79 Å². The summed E-state index contributed by atoms with van der Waals surface area (Å²) < 4.78 is 8.75. The van der Waals surface area contributed by atoms with Crippen molar-refractivity contribution in [3.05, 3.63) is 43.4 Å². The molecular formula is C18H24N2O4S. The van der Waals surface area contributed by atoms with E-state index in [1.54, 1.807) is 4.57 Å². The predicted octanol–water partition coefficient (Wildman–Crippen LogP) is 2.03. The second kappa shape index (κ2) is 6.55. The largest absolute Gasteiger partial charge is 0.396 e. The van der Waals surface area contributed by atoms with Crippen molar-refractivity contribution in [2.45, 2.75) is 58.9 Å². The third kappa shape index (κ3) is 3.23. The van der Waals surface area contributed by atoms with Gasteiger partial charge in [0.15, 0.2) is 0 Å². The van der Waals surface area contributed by atoms with Crippen molar-refractivity contribution in [2.24, 2.45) is 0 Å². The van der Waals surface area contributed by atoms with Crippen LogP contribution < -0.4 is 11.2 Å². The fourth-order valence-electron chi connectivity index (χ4n) is 3.24. The van der Waals surface area contributed by atoms with E-state index >= 15 is 0 Å². The smallest absolute Gasteiger partial charge is 0.332 e. The molecule has 0 saturated carbocycles. The molecule has 0 amide bonds. The number of fused-ring (bicyclic) bond motifs is 3. The lowest BCUT2D eigenvalue weighted by atomic mass is 9.94. The first-order chi connectivity index (χ1) is 11.7. The van der Waals surface area contributed by atoms with E-state index in [0.717, 1.165) is 16.0 Å². The van der Waals surface area contributed by atoms with Crippen molar-refractivity contribution in [1.82, 2.24) is 9.13 Å². The highest BCUT2D eigenvalue weighted by molar-refractivity contribution is 7.18. The topological polar surface area (TPSA) is 73.5 Å². The van der Waals surface area contributed by atoms with E-state index in [2.05, 4.69) is 6.58 Å². The minimum Gasteiger partial charge on any atom is -0.396 e. The summed E-state index contributed by atoms with van der Waals surface area (Å²) in [6.07, 6.45) is 1.01. The maximum absolute atomic E-state index is 13.0. The Kier molecular flexibility index (Phi) is 4.74. The highest BCUT2D eigenvalue weighted by Gasteiger charge is 2.31. The van der Waals surface area contributed by atoms with E-state index in [1.165, 1.54) is 15.9 Å². The number of nitrogens with zero attached hydrogens (tertiary/aromatic N) is 2. The summed E-state index contributed by atoms with van der Waals surface area (Å²) in [5.41, 5.74) is 0.904. The van der Waals surface area contributed by atoms with Gasteiger partial charge in [0, 0.05) is 31.0 Å². The lowest BCUT2D eigenvalue weighted by Gasteiger charge is -2.29. The molecular weight excluding hydrogens is 340 g/mol. The van der Waals surface area contributed by atoms with Gasteiger partial charge in [-0.15, -0.1) is 11.3 Å². The summed E-state index contributed by atoms with van der Waals surface area (Å²) in [6, 6.07) is 0. The fourth-order valence-corrected chi connectivity index (χ4v) is 4.45. The van der Waals surface area contributed by atoms with Crippen LogP contribution in [0.15, 0.2) is 21.7 Å². The van der Waals surface area contributed by atoms with Gasteiger partial charge in [0.05, 0.1) is 17.6 Å². The highest BCUT2D eigenvalue weighted by Crippen LogP contribution is 2.37. The first-order valence-corrected chi connectivity index (χ1v) is 9.24. The van der Waals surface area contributed by atoms with E-state index in [4.69, 9.17) is 9.84 Å². The van der Waals surface area contributed by atoms with Gasteiger partial charge in [0.1, 0.15) is 4.83 Å². The standard InChI is InChI=1S/C18H24N2O4S/c1-11(2)9-20-16-14(15(22)19(17(20)23)6-5-7-21)12-8-18(3,4)24-10-13(12)25-16/h21H,1,5-10H2,2-4H3. The Labute approximate surface area is 150 Å². The minimum atomic E-state index is -0.340. The van der Waals surface area contributed by atoms with Crippen LogP contribution in [0.2, 0.25) is 0 Å². The predicted molar refractivity (Wildman–Crippen MR) is 99.4 cm³/mol. The van der Waals surface area contributed by atoms with Gasteiger partial charge in [-0.1, -0.05) is 12.2 Å². The van der Waals surface area contributed by atoms with Crippen LogP contribution in [0, 0.1) is 0 Å². The molecule has 0 bridgehead atoms. The van der Waals surface area contributed by atoms with Crippen molar-refractivity contribution < 1.29 is 9.84 Å². The molecule has 0 unspecified atom stereocenters. The molecule has 7 heteroatoms. The molecule has 0 fully saturated rings. The van der Waals surface area contributed by atoms with Crippen LogP contribution >= 0.6 is 11.3 Å². The first kappa shape index (κ1) is 18.1. The Bertz CT molecular complexity index is 949. The monoisotopic (exact) mass is 364 g/mol. The highest BCUT2D eigenvalue weighted by atomic mass is 32.1. The van der Waals surface area contributed by atoms with Crippen molar-refractivity contribution in [1.29, 1.82) is 0 Å². The molecule has 1 aliphatic heterocycles. The Hall–Kier alpha value is -1.70. The first-order valence-electron chi connectivity index (χ1n) is 8.42. The zero-order chi connectivity index (χ0) is 18.4. The molecule has 0 aliphatic carbocycles. The average molecular weight is 364 g/mol. The van der Waals surface area contributed by atoms with Crippen molar-refractivity contribution in [3.63, 3.8) is 0 Å². The zero-order valence-corrected chi connectivity index (χ0v) is 15.7. The molecule has 2 aromatic heterocycles. The lowest BCUT2D eigenvalue weighted by molar-refractivity contribution is -0.0379. The number of hydrogen-bond acceptors (Lipinski definition) is 5. The second-order valence-corrected chi connectivity index (χ2v) is 8.35. The lowest BCUT2D eigenvalue weighted by Crippen LogP contribution is -2.40. The second-order valence-electron chi connectivity index (χ2n) is 7.27. The van der Waals surface area contributed by atoms with Crippen LogP contribution in [0.25, 0.3) is 10.2 Å². The number of thiophene rings is 1. The Morgan fingerprint density at radius 3 is 2.72 bits per heavy atom. The average Bonchev–Trinajstić information content (AvgIpc) is 2.88. The van der Waals surface area contributed by atoms with Crippen molar-refractivity contribution >= 4 is 21.6 Å². The van der Waals surface area contributed by atoms with E-state index in [1.807, 2.05) is 20.8 Å². The molecule has 0 radical (unpaired) electrons. The minimum absolute atomic E-state index is 0.0625. The molecule has 0 atom stereocenters. The third-order valence-electron chi connectivity index (χ3n) is 4.40. The Balaban J connectivity index is 2.33. The number of aliphatic hydroxyl groups excluding tert-OH is 1. The molecule has 1 N–H and O–H groups in total. The van der Waals surface area contributed by atoms with Gasteiger partial charge >= 0.3 is 5.69 Å². The van der Waals surface area contributed by atoms with Crippen LogP contribution in [-0.4, -0.2) is 26.4 Å². The Morgan fingerprint density at radius 2 is 2.08 bits per heavy atom. The Morgan fingerprint density at radius 1 is 1.36 bits per heavy atom. The normalized spacial score (nSPS) is 16.2. The number of aromatic nitrogens is 2. The summed E-state index contributed by atoms with van der Waals surface area (Å²) in [4.78, 5) is 27.6. The van der Waals surface area contributed by atoms with Gasteiger partial charge in [-0.05, 0) is 32.8 Å². The molecule has 136 valence electrons. The summed E-state index contributed by atoms with van der Waals surface area (Å²) in [6.45, 7) is 10.8. The van der Waals surface area contributed by atoms with E-state index < -0.39 is 0 Å². The summed E-state index contributed by atoms with van der Waals surface area (Å²) >= 11 is 1.46. The van der Waals surface area contributed by atoms with Crippen LogP contribution in [0.3, 0.4) is 0 Å². The van der Waals surface area contributed by atoms with Crippen LogP contribution in [0.4, 0.5) is 0 Å². The van der Waals surface area contributed by atoms with Crippen LogP contribution in [0.1, 0.15) is 37.6 Å². The molecule has 3 rings (SSSR count). The van der Waals surface area contributed by atoms with Crippen LogP contribution in [-0.2, 0) is 30.9 Å². The van der Waals surface area contributed by atoms with Gasteiger partial charge < -0.3 is 9.84 Å². The molecule has 1 aliphatic rings. The van der Waals surface area contributed by atoms with Crippen molar-refractivity contribution in [2.75, 3.05) is 6.61 Å². The van der Waals surface area contributed by atoms with Crippen molar-refractivity contribution in [3.8, 4) is 0 Å². The zero-order valence-electron chi connectivity index (χ0n) is 14.9. The number of aliphatic hydroxyl groups is 1. The number of hydrogen-bond donors (Lipinski definition) is 1.